The Bertz CT molecular complexity index is 231. The zero-order chi connectivity index (χ0) is 13.2. The number of carbonyl (C=O) groups excluding carboxylic acids is 1. The van der Waals surface area contributed by atoms with E-state index < -0.39 is 0 Å². The molecule has 0 radical (unpaired) electrons. The van der Waals surface area contributed by atoms with Gasteiger partial charge in [0.2, 0.25) is 5.91 Å². The van der Waals surface area contributed by atoms with Crippen LogP contribution in [-0.4, -0.2) is 89.0 Å². The molecular weight excluding hydrogens is 234 g/mol. The maximum Gasteiger partial charge on any atom is 0.246 e. The van der Waals surface area contributed by atoms with E-state index in [-0.39, 0.29) is 12.5 Å². The Morgan fingerprint density at radius 3 is 2.61 bits per heavy atom. The predicted molar refractivity (Wildman–Crippen MR) is 69.6 cm³/mol. The third kappa shape index (κ3) is 6.90. The maximum atomic E-state index is 11.4. The SMILES string of the molecule is COCCOCC(=O)NCCN1CCN(C)CC1. The third-order valence-corrected chi connectivity index (χ3v) is 3.01. The van der Waals surface area contributed by atoms with Crippen molar-refractivity contribution in [1.82, 2.24) is 15.1 Å². The molecule has 0 aromatic rings. The normalized spacial score (nSPS) is 17.9. The van der Waals surface area contributed by atoms with E-state index in [1.54, 1.807) is 7.11 Å². The van der Waals surface area contributed by atoms with Crippen LogP contribution in [0.2, 0.25) is 0 Å². The van der Waals surface area contributed by atoms with Crippen molar-refractivity contribution in [2.75, 3.05) is 73.2 Å². The molecule has 1 aliphatic rings. The predicted octanol–water partition coefficient (Wildman–Crippen LogP) is -0.987. The molecule has 1 N–H and O–H groups in total. The van der Waals surface area contributed by atoms with E-state index in [1.807, 2.05) is 0 Å². The van der Waals surface area contributed by atoms with Gasteiger partial charge in [-0.2, -0.15) is 0 Å². The highest BCUT2D eigenvalue weighted by Gasteiger charge is 2.13. The number of piperazine rings is 1. The van der Waals surface area contributed by atoms with Gasteiger partial charge in [0.05, 0.1) is 13.2 Å². The highest BCUT2D eigenvalue weighted by Crippen LogP contribution is 1.97. The van der Waals surface area contributed by atoms with Gasteiger partial charge >= 0.3 is 0 Å². The quantitative estimate of drug-likeness (QED) is 0.568. The van der Waals surface area contributed by atoms with Gasteiger partial charge in [0, 0.05) is 46.4 Å². The summed E-state index contributed by atoms with van der Waals surface area (Å²) in [6.07, 6.45) is 0. The Morgan fingerprint density at radius 2 is 1.94 bits per heavy atom. The van der Waals surface area contributed by atoms with Crippen LogP contribution in [0, 0.1) is 0 Å². The summed E-state index contributed by atoms with van der Waals surface area (Å²) in [7, 11) is 3.75. The molecule has 1 fully saturated rings. The molecule has 6 heteroatoms. The lowest BCUT2D eigenvalue weighted by molar-refractivity contribution is -0.126. The first-order chi connectivity index (χ1) is 8.72. The lowest BCUT2D eigenvalue weighted by Gasteiger charge is -2.32. The minimum atomic E-state index is -0.0553. The van der Waals surface area contributed by atoms with Crippen molar-refractivity contribution in [2.45, 2.75) is 0 Å². The molecule has 6 nitrogen and oxygen atoms in total. The van der Waals surface area contributed by atoms with Gasteiger partial charge in [-0.15, -0.1) is 0 Å². The molecule has 1 aliphatic heterocycles. The Morgan fingerprint density at radius 1 is 1.22 bits per heavy atom. The summed E-state index contributed by atoms with van der Waals surface area (Å²) in [6.45, 7) is 7.08. The van der Waals surface area contributed by atoms with E-state index in [0.29, 0.717) is 19.8 Å². The number of nitrogens with one attached hydrogen (secondary N) is 1. The number of nitrogens with zero attached hydrogens (tertiary/aromatic N) is 2. The topological polar surface area (TPSA) is 54.0 Å². The van der Waals surface area contributed by atoms with Crippen LogP contribution in [0.15, 0.2) is 0 Å². The number of hydrogen-bond acceptors (Lipinski definition) is 5. The van der Waals surface area contributed by atoms with Crippen LogP contribution in [0.25, 0.3) is 0 Å². The second-order valence-electron chi connectivity index (χ2n) is 4.54. The molecule has 0 unspecified atom stereocenters. The number of methoxy groups -OCH3 is 1. The van der Waals surface area contributed by atoms with Gasteiger partial charge in [-0.25, -0.2) is 0 Å². The first-order valence-electron chi connectivity index (χ1n) is 6.46. The van der Waals surface area contributed by atoms with Crippen LogP contribution < -0.4 is 5.32 Å². The molecule has 1 rings (SSSR count). The molecule has 0 aliphatic carbocycles. The van der Waals surface area contributed by atoms with E-state index in [4.69, 9.17) is 9.47 Å². The van der Waals surface area contributed by atoms with Crippen molar-refractivity contribution < 1.29 is 14.3 Å². The van der Waals surface area contributed by atoms with Crippen molar-refractivity contribution in [1.29, 1.82) is 0 Å². The fourth-order valence-corrected chi connectivity index (χ4v) is 1.78. The van der Waals surface area contributed by atoms with E-state index >= 15 is 0 Å². The minimum Gasteiger partial charge on any atom is -0.382 e. The number of ether oxygens (including phenoxy) is 2. The maximum absolute atomic E-state index is 11.4. The summed E-state index contributed by atoms with van der Waals surface area (Å²) in [4.78, 5) is 16.1. The number of amides is 1. The van der Waals surface area contributed by atoms with Gasteiger partial charge in [0.25, 0.3) is 0 Å². The Kier molecular flexibility index (Phi) is 7.91. The van der Waals surface area contributed by atoms with Gasteiger partial charge in [-0.1, -0.05) is 0 Å². The summed E-state index contributed by atoms with van der Waals surface area (Å²) in [6, 6.07) is 0. The third-order valence-electron chi connectivity index (χ3n) is 3.01. The smallest absolute Gasteiger partial charge is 0.246 e. The van der Waals surface area contributed by atoms with Crippen LogP contribution >= 0.6 is 0 Å². The van der Waals surface area contributed by atoms with Crippen LogP contribution in [0.3, 0.4) is 0 Å². The largest absolute Gasteiger partial charge is 0.382 e. The highest BCUT2D eigenvalue weighted by atomic mass is 16.5. The first kappa shape index (κ1) is 15.4. The van der Waals surface area contributed by atoms with Crippen molar-refractivity contribution in [3.63, 3.8) is 0 Å². The van der Waals surface area contributed by atoms with Crippen LogP contribution in [0.1, 0.15) is 0 Å². The first-order valence-corrected chi connectivity index (χ1v) is 6.46. The van der Waals surface area contributed by atoms with Crippen LogP contribution in [0.4, 0.5) is 0 Å². The minimum absolute atomic E-state index is 0.0553. The van der Waals surface area contributed by atoms with Crippen molar-refractivity contribution in [3.05, 3.63) is 0 Å². The molecule has 1 heterocycles. The van der Waals surface area contributed by atoms with Gasteiger partial charge < -0.3 is 19.7 Å². The zero-order valence-corrected chi connectivity index (χ0v) is 11.5. The zero-order valence-electron chi connectivity index (χ0n) is 11.5. The number of likely N-dealkylation sites (N-methyl/N-ethyl adjacent to an activating group) is 1. The van der Waals surface area contributed by atoms with E-state index in [9.17, 15) is 4.79 Å². The second kappa shape index (κ2) is 9.27. The molecular formula is C12H25N3O3. The van der Waals surface area contributed by atoms with Crippen LogP contribution in [-0.2, 0) is 14.3 Å². The summed E-state index contributed by atoms with van der Waals surface area (Å²) < 4.78 is 9.96. The monoisotopic (exact) mass is 259 g/mol. The second-order valence-corrected chi connectivity index (χ2v) is 4.54. The Balaban J connectivity index is 1.95. The molecule has 0 bridgehead atoms. The van der Waals surface area contributed by atoms with Gasteiger partial charge in [0.15, 0.2) is 0 Å². The summed E-state index contributed by atoms with van der Waals surface area (Å²) in [5.41, 5.74) is 0. The Labute approximate surface area is 109 Å². The van der Waals surface area contributed by atoms with Gasteiger partial charge in [-0.3, -0.25) is 9.69 Å². The highest BCUT2D eigenvalue weighted by molar-refractivity contribution is 5.77. The number of hydrogen-bond donors (Lipinski definition) is 1. The van der Waals surface area contributed by atoms with Gasteiger partial charge in [0.1, 0.15) is 6.61 Å². The van der Waals surface area contributed by atoms with Crippen molar-refractivity contribution in [3.8, 4) is 0 Å². The average Bonchev–Trinajstić information content (AvgIpc) is 2.37. The molecule has 0 aromatic carbocycles. The summed E-state index contributed by atoms with van der Waals surface area (Å²) in [5, 5.41) is 2.86. The molecule has 1 saturated heterocycles. The molecule has 0 spiro atoms. The lowest BCUT2D eigenvalue weighted by atomic mass is 10.3. The average molecular weight is 259 g/mol. The molecule has 0 saturated carbocycles. The summed E-state index contributed by atoms with van der Waals surface area (Å²) >= 11 is 0. The van der Waals surface area contributed by atoms with Gasteiger partial charge in [-0.05, 0) is 7.05 Å². The molecule has 0 aromatic heterocycles. The van der Waals surface area contributed by atoms with Crippen molar-refractivity contribution >= 4 is 5.91 Å². The molecule has 18 heavy (non-hydrogen) atoms. The molecule has 106 valence electrons. The van der Waals surface area contributed by atoms with E-state index in [2.05, 4.69) is 22.2 Å². The standard InChI is InChI=1S/C12H25N3O3/c1-14-5-7-15(8-6-14)4-3-13-12(16)11-18-10-9-17-2/h3-11H2,1-2H3,(H,13,16). The molecule has 1 amide bonds. The fourth-order valence-electron chi connectivity index (χ4n) is 1.78. The number of rotatable bonds is 8. The number of carbonyl (C=O) groups is 1. The molecule has 0 atom stereocenters. The van der Waals surface area contributed by atoms with Crippen molar-refractivity contribution in [2.24, 2.45) is 0 Å². The van der Waals surface area contributed by atoms with E-state index in [1.165, 1.54) is 0 Å². The van der Waals surface area contributed by atoms with Crippen LogP contribution in [0.5, 0.6) is 0 Å². The van der Waals surface area contributed by atoms with E-state index in [0.717, 1.165) is 32.7 Å². The Hall–Kier alpha value is -0.690. The summed E-state index contributed by atoms with van der Waals surface area (Å²) in [5.74, 6) is -0.0553. The fraction of sp³-hybridized carbons (Fsp3) is 0.917. The lowest BCUT2D eigenvalue weighted by Crippen LogP contribution is -2.47.